The molecule has 0 spiro atoms. The molecule has 1 heterocycles. The second-order valence-corrected chi connectivity index (χ2v) is 8.21. The fourth-order valence-electron chi connectivity index (χ4n) is 2.74. The van der Waals surface area contributed by atoms with Gasteiger partial charge in [0.25, 0.3) is 11.8 Å². The third kappa shape index (κ3) is 5.20. The lowest BCUT2D eigenvalue weighted by molar-refractivity contribution is -0.121. The lowest BCUT2D eigenvalue weighted by Crippen LogP contribution is -2.22. The number of nitrogens with zero attached hydrogens (tertiary/aromatic N) is 1. The first-order valence-electron chi connectivity index (χ1n) is 9.35. The molecular weight excluding hydrogens is 420 g/mol. The highest BCUT2D eigenvalue weighted by Crippen LogP contribution is 2.34. The number of ether oxygens (including phenoxy) is 2. The summed E-state index contributed by atoms with van der Waals surface area (Å²) in [4.78, 5) is 26.5. The number of benzene rings is 2. The number of nitrogens with one attached hydrogen (secondary N) is 1. The molecule has 1 N–H and O–H groups in total. The summed E-state index contributed by atoms with van der Waals surface area (Å²) in [5, 5.41) is 2.83. The van der Waals surface area contributed by atoms with Crippen molar-refractivity contribution in [2.45, 2.75) is 13.8 Å². The quantitative estimate of drug-likeness (QED) is 0.511. The maximum atomic E-state index is 12.3. The zero-order chi connectivity index (χ0) is 21.7. The van der Waals surface area contributed by atoms with Crippen LogP contribution in [0.25, 0.3) is 6.08 Å². The molecule has 2 aromatic carbocycles. The number of thiocarbonyl (C=S) groups is 1. The minimum atomic E-state index is -0.262. The topological polar surface area (TPSA) is 67.9 Å². The molecule has 0 radical (unpaired) electrons. The Morgan fingerprint density at radius 2 is 1.97 bits per heavy atom. The highest BCUT2D eigenvalue weighted by molar-refractivity contribution is 8.26. The number of carbonyl (C=O) groups is 2. The molecule has 6 nitrogen and oxygen atoms in total. The minimum absolute atomic E-state index is 0.129. The van der Waals surface area contributed by atoms with Crippen molar-refractivity contribution >= 4 is 51.9 Å². The summed E-state index contributed by atoms with van der Waals surface area (Å²) in [7, 11) is 1.66. The van der Waals surface area contributed by atoms with Crippen LogP contribution in [-0.4, -0.2) is 41.3 Å². The number of para-hydroxylation sites is 1. The number of likely N-dealkylation sites (N-methyl/N-ethyl adjacent to an activating group) is 1. The number of anilines is 1. The van der Waals surface area contributed by atoms with E-state index in [1.165, 1.54) is 16.7 Å². The van der Waals surface area contributed by atoms with Crippen LogP contribution in [0.5, 0.6) is 11.5 Å². The molecule has 1 fully saturated rings. The third-order valence-electron chi connectivity index (χ3n) is 4.33. The summed E-state index contributed by atoms with van der Waals surface area (Å²) in [6, 6.07) is 12.9. The van der Waals surface area contributed by atoms with E-state index in [0.717, 1.165) is 16.8 Å². The van der Waals surface area contributed by atoms with Gasteiger partial charge in [0.05, 0.1) is 11.5 Å². The molecule has 0 aromatic heterocycles. The normalized spacial score (nSPS) is 14.9. The fraction of sp³-hybridized carbons (Fsp3) is 0.227. The van der Waals surface area contributed by atoms with E-state index in [0.29, 0.717) is 27.3 Å². The molecule has 2 aromatic rings. The zero-order valence-electron chi connectivity index (χ0n) is 16.9. The fourth-order valence-corrected chi connectivity index (χ4v) is 3.92. The number of amides is 2. The molecule has 1 saturated heterocycles. The molecule has 1 aliphatic rings. The van der Waals surface area contributed by atoms with Crippen LogP contribution in [0.1, 0.15) is 18.1 Å². The van der Waals surface area contributed by atoms with Crippen molar-refractivity contribution in [3.05, 3.63) is 58.5 Å². The number of aryl methyl sites for hydroxylation is 1. The highest BCUT2D eigenvalue weighted by atomic mass is 32.2. The Kier molecular flexibility index (Phi) is 7.12. The number of thioether (sulfide) groups is 1. The molecule has 8 heteroatoms. The van der Waals surface area contributed by atoms with Gasteiger partial charge in [0.1, 0.15) is 4.32 Å². The number of rotatable bonds is 7. The van der Waals surface area contributed by atoms with Gasteiger partial charge in [-0.05, 0) is 49.2 Å². The van der Waals surface area contributed by atoms with Crippen molar-refractivity contribution in [3.63, 3.8) is 0 Å². The SMILES string of the molecule is CCOc1cc(/C=C2/SC(=S)N(C)C2=O)ccc1OCC(=O)Nc1ccccc1C. The predicted octanol–water partition coefficient (Wildman–Crippen LogP) is 4.24. The highest BCUT2D eigenvalue weighted by Gasteiger charge is 2.28. The van der Waals surface area contributed by atoms with E-state index in [2.05, 4.69) is 5.32 Å². The Morgan fingerprint density at radius 1 is 1.20 bits per heavy atom. The maximum absolute atomic E-state index is 12.3. The Hall–Kier alpha value is -2.84. The van der Waals surface area contributed by atoms with E-state index in [9.17, 15) is 9.59 Å². The van der Waals surface area contributed by atoms with Gasteiger partial charge in [-0.25, -0.2) is 0 Å². The maximum Gasteiger partial charge on any atom is 0.265 e. The Balaban J connectivity index is 1.71. The van der Waals surface area contributed by atoms with E-state index in [1.807, 2.05) is 38.1 Å². The Labute approximate surface area is 185 Å². The molecular formula is C22H22N2O4S2. The van der Waals surface area contributed by atoms with Gasteiger partial charge in [-0.15, -0.1) is 0 Å². The van der Waals surface area contributed by atoms with Crippen molar-refractivity contribution < 1.29 is 19.1 Å². The first-order valence-corrected chi connectivity index (χ1v) is 10.6. The van der Waals surface area contributed by atoms with Crippen molar-refractivity contribution in [1.82, 2.24) is 4.90 Å². The summed E-state index contributed by atoms with van der Waals surface area (Å²) in [5.74, 6) is 0.567. The monoisotopic (exact) mass is 442 g/mol. The molecule has 1 aliphatic heterocycles. The molecule has 2 amide bonds. The van der Waals surface area contributed by atoms with Crippen LogP contribution in [0.15, 0.2) is 47.4 Å². The van der Waals surface area contributed by atoms with Crippen LogP contribution in [-0.2, 0) is 9.59 Å². The molecule has 30 heavy (non-hydrogen) atoms. The lowest BCUT2D eigenvalue weighted by Gasteiger charge is -2.13. The zero-order valence-corrected chi connectivity index (χ0v) is 18.6. The second-order valence-electron chi connectivity index (χ2n) is 6.53. The Morgan fingerprint density at radius 3 is 2.63 bits per heavy atom. The van der Waals surface area contributed by atoms with E-state index in [1.54, 1.807) is 31.3 Å². The van der Waals surface area contributed by atoms with Gasteiger partial charge in [0.15, 0.2) is 18.1 Å². The molecule has 156 valence electrons. The lowest BCUT2D eigenvalue weighted by atomic mass is 10.2. The largest absolute Gasteiger partial charge is 0.490 e. The van der Waals surface area contributed by atoms with Crippen LogP contribution in [0.2, 0.25) is 0 Å². The number of carbonyl (C=O) groups excluding carboxylic acids is 2. The molecule has 0 saturated carbocycles. The van der Waals surface area contributed by atoms with E-state index < -0.39 is 0 Å². The van der Waals surface area contributed by atoms with Crippen LogP contribution >= 0.6 is 24.0 Å². The van der Waals surface area contributed by atoms with Gasteiger partial charge in [-0.2, -0.15) is 0 Å². The summed E-state index contributed by atoms with van der Waals surface area (Å²) in [6.45, 7) is 4.08. The average molecular weight is 443 g/mol. The summed E-state index contributed by atoms with van der Waals surface area (Å²) in [5.41, 5.74) is 2.51. The van der Waals surface area contributed by atoms with Crippen LogP contribution in [0, 0.1) is 6.92 Å². The van der Waals surface area contributed by atoms with Crippen molar-refractivity contribution in [2.75, 3.05) is 25.6 Å². The smallest absolute Gasteiger partial charge is 0.265 e. The third-order valence-corrected chi connectivity index (χ3v) is 5.81. The van der Waals surface area contributed by atoms with E-state index >= 15 is 0 Å². The van der Waals surface area contributed by atoms with Crippen molar-refractivity contribution in [2.24, 2.45) is 0 Å². The Bertz CT molecular complexity index is 1020. The molecule has 0 aliphatic carbocycles. The second kappa shape index (κ2) is 9.77. The molecule has 0 unspecified atom stereocenters. The summed E-state index contributed by atoms with van der Waals surface area (Å²) < 4.78 is 11.9. The average Bonchev–Trinajstić information content (AvgIpc) is 2.96. The summed E-state index contributed by atoms with van der Waals surface area (Å²) >= 11 is 6.42. The van der Waals surface area contributed by atoms with Crippen molar-refractivity contribution in [3.8, 4) is 11.5 Å². The van der Waals surface area contributed by atoms with Crippen molar-refractivity contribution in [1.29, 1.82) is 0 Å². The van der Waals surface area contributed by atoms with Gasteiger partial charge in [-0.3, -0.25) is 14.5 Å². The van der Waals surface area contributed by atoms with Gasteiger partial charge >= 0.3 is 0 Å². The minimum Gasteiger partial charge on any atom is -0.490 e. The van der Waals surface area contributed by atoms with Crippen LogP contribution in [0.3, 0.4) is 0 Å². The standard InChI is InChI=1S/C22H22N2O4S2/c1-4-27-18-11-15(12-19-21(26)24(3)22(29)30-19)9-10-17(18)28-13-20(25)23-16-8-6-5-7-14(16)2/h5-12H,4,13H2,1-3H3,(H,23,25)/b19-12+. The molecule has 0 atom stereocenters. The first kappa shape index (κ1) is 21.9. The number of hydrogen-bond acceptors (Lipinski definition) is 6. The van der Waals surface area contributed by atoms with Crippen LogP contribution in [0.4, 0.5) is 5.69 Å². The van der Waals surface area contributed by atoms with Gasteiger partial charge < -0.3 is 14.8 Å². The van der Waals surface area contributed by atoms with Crippen LogP contribution < -0.4 is 14.8 Å². The summed E-state index contributed by atoms with van der Waals surface area (Å²) in [6.07, 6.45) is 1.76. The number of hydrogen-bond donors (Lipinski definition) is 1. The first-order chi connectivity index (χ1) is 14.4. The predicted molar refractivity (Wildman–Crippen MR) is 124 cm³/mol. The van der Waals surface area contributed by atoms with Gasteiger partial charge in [-0.1, -0.05) is 48.2 Å². The molecule has 3 rings (SSSR count). The molecule has 0 bridgehead atoms. The van der Waals surface area contributed by atoms with E-state index in [-0.39, 0.29) is 18.4 Å². The van der Waals surface area contributed by atoms with E-state index in [4.69, 9.17) is 21.7 Å². The van der Waals surface area contributed by atoms with Gasteiger partial charge in [0.2, 0.25) is 0 Å². The van der Waals surface area contributed by atoms with Gasteiger partial charge in [0, 0.05) is 12.7 Å².